The molecule has 8 aromatic rings. The van der Waals surface area contributed by atoms with Gasteiger partial charge in [0.25, 0.3) is 0 Å². The van der Waals surface area contributed by atoms with Crippen LogP contribution in [0, 0.1) is 11.6 Å². The predicted molar refractivity (Wildman–Crippen MR) is 193 cm³/mol. The third-order valence-electron chi connectivity index (χ3n) is 8.28. The lowest BCUT2D eigenvalue weighted by Gasteiger charge is -2.11. The summed E-state index contributed by atoms with van der Waals surface area (Å²) in [4.78, 5) is 24.2. The molecule has 5 nitrogen and oxygen atoms in total. The number of aromatic nitrogens is 5. The molecule has 0 radical (unpaired) electrons. The number of benzene rings is 6. The molecule has 0 fully saturated rings. The van der Waals surface area contributed by atoms with Crippen molar-refractivity contribution < 1.29 is 8.78 Å². The fourth-order valence-corrected chi connectivity index (χ4v) is 5.73. The second kappa shape index (κ2) is 13.4. The maximum absolute atomic E-state index is 13.8. The van der Waals surface area contributed by atoms with E-state index in [0.29, 0.717) is 34.4 Å². The first-order chi connectivity index (χ1) is 24.6. The fraction of sp³-hybridized carbons (Fsp3) is 0. The van der Waals surface area contributed by atoms with Gasteiger partial charge in [-0.3, -0.25) is 0 Å². The van der Waals surface area contributed by atoms with Crippen LogP contribution in [0.15, 0.2) is 164 Å². The minimum absolute atomic E-state index is 0.356. The minimum Gasteiger partial charge on any atom is -0.228 e. The first kappa shape index (κ1) is 30.6. The number of hydrogen-bond acceptors (Lipinski definition) is 5. The number of nitrogens with zero attached hydrogens (tertiary/aromatic N) is 5. The Morgan fingerprint density at radius 3 is 1.02 bits per heavy atom. The third kappa shape index (κ3) is 6.53. The quantitative estimate of drug-likeness (QED) is 0.172. The Morgan fingerprint density at radius 1 is 0.260 bits per heavy atom. The van der Waals surface area contributed by atoms with Gasteiger partial charge in [-0.05, 0) is 77.9 Å². The van der Waals surface area contributed by atoms with E-state index in [-0.39, 0.29) is 11.6 Å². The largest absolute Gasteiger partial charge is 0.228 e. The van der Waals surface area contributed by atoms with E-state index in [2.05, 4.69) is 11.1 Å². The highest BCUT2D eigenvalue weighted by Gasteiger charge is 2.15. The maximum Gasteiger partial charge on any atom is 0.164 e. The molecule has 0 saturated heterocycles. The molecule has 2 aromatic heterocycles. The zero-order chi connectivity index (χ0) is 33.9. The zero-order valence-electron chi connectivity index (χ0n) is 26.6. The summed E-state index contributed by atoms with van der Waals surface area (Å²) < 4.78 is 27.5. The van der Waals surface area contributed by atoms with Crippen LogP contribution in [0.4, 0.5) is 8.78 Å². The van der Waals surface area contributed by atoms with E-state index in [4.69, 9.17) is 19.9 Å². The Kier molecular flexibility index (Phi) is 8.21. The SMILES string of the molecule is Fc1ccc(-c2nc(-c3ccc(F)cc3)nc(-c3cccc(-c4cccc(-c5nc(-c6ccccc6)cc(-c6ccccc6)n5)c4)c3)n2)cc1. The molecular weight excluding hydrogens is 625 g/mol. The van der Waals surface area contributed by atoms with Gasteiger partial charge in [-0.25, -0.2) is 33.7 Å². The van der Waals surface area contributed by atoms with Crippen LogP contribution in [0.5, 0.6) is 0 Å². The van der Waals surface area contributed by atoms with Crippen molar-refractivity contribution in [3.8, 4) is 79.2 Å². The van der Waals surface area contributed by atoms with Crippen molar-refractivity contribution in [2.75, 3.05) is 0 Å². The Hall–Kier alpha value is -6.73. The van der Waals surface area contributed by atoms with Crippen molar-refractivity contribution in [1.82, 2.24) is 24.9 Å². The normalized spacial score (nSPS) is 11.0. The molecule has 0 amide bonds. The lowest BCUT2D eigenvalue weighted by molar-refractivity contribution is 0.627. The first-order valence-electron chi connectivity index (χ1n) is 16.0. The van der Waals surface area contributed by atoms with E-state index < -0.39 is 0 Å². The van der Waals surface area contributed by atoms with Crippen molar-refractivity contribution in [1.29, 1.82) is 0 Å². The third-order valence-corrected chi connectivity index (χ3v) is 8.28. The van der Waals surface area contributed by atoms with Crippen LogP contribution >= 0.6 is 0 Å². The van der Waals surface area contributed by atoms with Crippen LogP contribution < -0.4 is 0 Å². The molecule has 0 saturated carbocycles. The highest BCUT2D eigenvalue weighted by molar-refractivity contribution is 5.77. The summed E-state index contributed by atoms with van der Waals surface area (Å²) in [5.74, 6) is 1.10. The lowest BCUT2D eigenvalue weighted by atomic mass is 10.00. The van der Waals surface area contributed by atoms with Gasteiger partial charge >= 0.3 is 0 Å². The molecule has 8 rings (SSSR count). The van der Waals surface area contributed by atoms with Crippen LogP contribution in [0.2, 0.25) is 0 Å². The summed E-state index contributed by atoms with van der Waals surface area (Å²) in [5, 5.41) is 0. The monoisotopic (exact) mass is 651 g/mol. The number of rotatable bonds is 7. The highest BCUT2D eigenvalue weighted by Crippen LogP contribution is 2.32. The van der Waals surface area contributed by atoms with E-state index in [0.717, 1.165) is 44.8 Å². The van der Waals surface area contributed by atoms with Gasteiger partial charge in [-0.2, -0.15) is 0 Å². The van der Waals surface area contributed by atoms with Crippen LogP contribution in [0.25, 0.3) is 79.2 Å². The number of hydrogen-bond donors (Lipinski definition) is 0. The minimum atomic E-state index is -0.356. The smallest absolute Gasteiger partial charge is 0.164 e. The molecule has 0 unspecified atom stereocenters. The van der Waals surface area contributed by atoms with Crippen molar-refractivity contribution in [3.05, 3.63) is 175 Å². The van der Waals surface area contributed by atoms with Crippen molar-refractivity contribution in [2.45, 2.75) is 0 Å². The highest BCUT2D eigenvalue weighted by atomic mass is 19.1. The number of halogens is 2. The van der Waals surface area contributed by atoms with Gasteiger partial charge in [0.1, 0.15) is 11.6 Å². The molecule has 2 heterocycles. The van der Waals surface area contributed by atoms with Gasteiger partial charge in [-0.1, -0.05) is 97.1 Å². The van der Waals surface area contributed by atoms with Crippen LogP contribution in [0.3, 0.4) is 0 Å². The molecule has 7 heteroatoms. The second-order valence-electron chi connectivity index (χ2n) is 11.7. The summed E-state index contributed by atoms with van der Waals surface area (Å²) in [7, 11) is 0. The molecule has 0 atom stereocenters. The topological polar surface area (TPSA) is 64.5 Å². The fourth-order valence-electron chi connectivity index (χ4n) is 5.73. The van der Waals surface area contributed by atoms with E-state index in [1.54, 1.807) is 24.3 Å². The van der Waals surface area contributed by atoms with E-state index in [1.165, 1.54) is 24.3 Å². The molecule has 6 aromatic carbocycles. The average Bonchev–Trinajstić information content (AvgIpc) is 3.19. The van der Waals surface area contributed by atoms with Gasteiger partial charge in [-0.15, -0.1) is 0 Å². The summed E-state index contributed by atoms with van der Waals surface area (Å²) >= 11 is 0. The Labute approximate surface area is 287 Å². The van der Waals surface area contributed by atoms with Gasteiger partial charge in [0, 0.05) is 33.4 Å². The van der Waals surface area contributed by atoms with Crippen LogP contribution in [-0.4, -0.2) is 24.9 Å². The summed E-state index contributed by atoms with van der Waals surface area (Å²) in [6, 6.07) is 50.3. The standard InChI is InChI=1S/C43H27F2N5/c44-36-21-17-30(18-22-36)40-48-41(31-19-23-37(45)24-20-31)50-43(49-40)35-16-8-14-33(26-35)32-13-7-15-34(25-32)42-46-38(28-9-3-1-4-10-28)27-39(47-42)29-11-5-2-6-12-29/h1-27H. The van der Waals surface area contributed by atoms with Crippen LogP contribution in [-0.2, 0) is 0 Å². The summed E-state index contributed by atoms with van der Waals surface area (Å²) in [6.45, 7) is 0. The Bertz CT molecular complexity index is 2310. The van der Waals surface area contributed by atoms with E-state index in [9.17, 15) is 8.78 Å². The van der Waals surface area contributed by atoms with Gasteiger partial charge in [0.2, 0.25) is 0 Å². The molecule has 0 aliphatic carbocycles. The lowest BCUT2D eigenvalue weighted by Crippen LogP contribution is -2.00. The molecule has 238 valence electrons. The average molecular weight is 652 g/mol. The van der Waals surface area contributed by atoms with Gasteiger partial charge < -0.3 is 0 Å². The zero-order valence-corrected chi connectivity index (χ0v) is 26.6. The second-order valence-corrected chi connectivity index (χ2v) is 11.7. The molecule has 50 heavy (non-hydrogen) atoms. The molecule has 0 aliphatic heterocycles. The molecule has 0 aliphatic rings. The molecule has 0 N–H and O–H groups in total. The first-order valence-corrected chi connectivity index (χ1v) is 16.0. The summed E-state index contributed by atoms with van der Waals surface area (Å²) in [6.07, 6.45) is 0. The van der Waals surface area contributed by atoms with E-state index >= 15 is 0 Å². The van der Waals surface area contributed by atoms with Crippen molar-refractivity contribution in [3.63, 3.8) is 0 Å². The Morgan fingerprint density at radius 2 is 0.600 bits per heavy atom. The van der Waals surface area contributed by atoms with Crippen LogP contribution in [0.1, 0.15) is 0 Å². The van der Waals surface area contributed by atoms with Gasteiger partial charge in [0.05, 0.1) is 11.4 Å². The van der Waals surface area contributed by atoms with Crippen molar-refractivity contribution >= 4 is 0 Å². The Balaban J connectivity index is 1.20. The maximum atomic E-state index is 13.8. The molecule has 0 spiro atoms. The van der Waals surface area contributed by atoms with Crippen molar-refractivity contribution in [2.24, 2.45) is 0 Å². The summed E-state index contributed by atoms with van der Waals surface area (Å²) in [5.41, 5.74) is 8.51. The van der Waals surface area contributed by atoms with Gasteiger partial charge in [0.15, 0.2) is 23.3 Å². The predicted octanol–water partition coefficient (Wildman–Crippen LogP) is 10.6. The van der Waals surface area contributed by atoms with E-state index in [1.807, 2.05) is 109 Å². The molecule has 0 bridgehead atoms. The molecular formula is C43H27F2N5.